The van der Waals surface area contributed by atoms with Crippen LogP contribution >= 0.6 is 0 Å². The lowest BCUT2D eigenvalue weighted by atomic mass is 10.3. The van der Waals surface area contributed by atoms with Crippen LogP contribution < -0.4 is 11.3 Å². The van der Waals surface area contributed by atoms with E-state index in [1.54, 1.807) is 28.5 Å². The van der Waals surface area contributed by atoms with E-state index in [4.69, 9.17) is 10.5 Å². The van der Waals surface area contributed by atoms with Gasteiger partial charge in [-0.25, -0.2) is 0 Å². The Labute approximate surface area is 93.0 Å². The second-order valence-corrected chi connectivity index (χ2v) is 3.73. The highest BCUT2D eigenvalue weighted by atomic mass is 16.5. The lowest BCUT2D eigenvalue weighted by Gasteiger charge is -2.05. The van der Waals surface area contributed by atoms with E-state index >= 15 is 0 Å². The molecule has 0 aliphatic rings. The molecule has 2 heterocycles. The number of fused-ring (bicyclic) bond motifs is 1. The van der Waals surface area contributed by atoms with Crippen molar-refractivity contribution in [2.75, 3.05) is 19.5 Å². The molecule has 2 N–H and O–H groups in total. The molecule has 0 saturated heterocycles. The van der Waals surface area contributed by atoms with Gasteiger partial charge in [-0.15, -0.1) is 0 Å². The lowest BCUT2D eigenvalue weighted by Crippen LogP contribution is -2.21. The van der Waals surface area contributed by atoms with Gasteiger partial charge in [0.1, 0.15) is 5.82 Å². The molecule has 5 heteroatoms. The van der Waals surface area contributed by atoms with Gasteiger partial charge in [0.15, 0.2) is 0 Å². The zero-order chi connectivity index (χ0) is 11.7. The Morgan fingerprint density at radius 2 is 2.25 bits per heavy atom. The maximum absolute atomic E-state index is 12.0. The number of rotatable bonds is 3. The average molecular weight is 221 g/mol. The Bertz CT molecular complexity index is 568. The highest BCUT2D eigenvalue weighted by molar-refractivity contribution is 5.83. The lowest BCUT2D eigenvalue weighted by molar-refractivity contribution is 0.186. The summed E-state index contributed by atoms with van der Waals surface area (Å²) in [7, 11) is 3.46. The van der Waals surface area contributed by atoms with Crippen LogP contribution in [0.2, 0.25) is 0 Å². The second kappa shape index (κ2) is 4.02. The third kappa shape index (κ3) is 1.59. The van der Waals surface area contributed by atoms with Crippen LogP contribution in [0, 0.1) is 0 Å². The number of hydrogen-bond donors (Lipinski definition) is 1. The first-order chi connectivity index (χ1) is 7.65. The molecule has 0 fully saturated rings. The highest BCUT2D eigenvalue weighted by Gasteiger charge is 2.08. The Kier molecular flexibility index (Phi) is 2.70. The summed E-state index contributed by atoms with van der Waals surface area (Å²) in [6, 6.07) is 3.60. The van der Waals surface area contributed by atoms with Crippen LogP contribution in [0.15, 0.2) is 23.1 Å². The van der Waals surface area contributed by atoms with Crippen molar-refractivity contribution in [3.05, 3.63) is 28.7 Å². The van der Waals surface area contributed by atoms with Gasteiger partial charge in [0, 0.05) is 26.9 Å². The molecular formula is C11H15N3O2. The first-order valence-corrected chi connectivity index (χ1v) is 5.08. The molecule has 0 aliphatic heterocycles. The fraction of sp³-hybridized carbons (Fsp3) is 0.364. The van der Waals surface area contributed by atoms with E-state index in [0.29, 0.717) is 24.4 Å². The SMILES string of the molecule is COCCn1ccc2c(cc(N)n2C)c1=O. The molecule has 0 saturated carbocycles. The third-order valence-corrected chi connectivity index (χ3v) is 2.76. The van der Waals surface area contributed by atoms with E-state index in [1.807, 2.05) is 13.1 Å². The van der Waals surface area contributed by atoms with Crippen molar-refractivity contribution in [3.8, 4) is 0 Å². The number of anilines is 1. The van der Waals surface area contributed by atoms with Crippen molar-refractivity contribution in [2.45, 2.75) is 6.54 Å². The summed E-state index contributed by atoms with van der Waals surface area (Å²) in [5.41, 5.74) is 6.59. The maximum Gasteiger partial charge on any atom is 0.260 e. The van der Waals surface area contributed by atoms with Crippen molar-refractivity contribution in [1.82, 2.24) is 9.13 Å². The molecule has 5 nitrogen and oxygen atoms in total. The molecule has 0 unspecified atom stereocenters. The number of aryl methyl sites for hydroxylation is 1. The minimum Gasteiger partial charge on any atom is -0.385 e. The van der Waals surface area contributed by atoms with Crippen LogP contribution in [0.4, 0.5) is 5.82 Å². The molecule has 0 bridgehead atoms. The van der Waals surface area contributed by atoms with Gasteiger partial charge >= 0.3 is 0 Å². The van der Waals surface area contributed by atoms with E-state index in [9.17, 15) is 4.79 Å². The molecule has 0 amide bonds. The molecule has 16 heavy (non-hydrogen) atoms. The summed E-state index contributed by atoms with van der Waals surface area (Å²) < 4.78 is 8.39. The van der Waals surface area contributed by atoms with Crippen LogP contribution in [0.25, 0.3) is 10.9 Å². The van der Waals surface area contributed by atoms with E-state index in [2.05, 4.69) is 0 Å². The highest BCUT2D eigenvalue weighted by Crippen LogP contribution is 2.16. The van der Waals surface area contributed by atoms with Crippen LogP contribution in [-0.4, -0.2) is 22.9 Å². The Hall–Kier alpha value is -1.75. The van der Waals surface area contributed by atoms with Gasteiger partial charge < -0.3 is 19.6 Å². The Balaban J connectivity index is 2.57. The molecule has 2 aromatic heterocycles. The molecule has 0 radical (unpaired) electrons. The standard InChI is InChI=1S/C11H15N3O2/c1-13-9-3-4-14(5-6-16-2)11(15)8(9)7-10(13)12/h3-4,7H,5-6,12H2,1-2H3. The summed E-state index contributed by atoms with van der Waals surface area (Å²) in [4.78, 5) is 12.0. The number of hydrogen-bond acceptors (Lipinski definition) is 3. The van der Waals surface area contributed by atoms with Crippen molar-refractivity contribution >= 4 is 16.7 Å². The number of aromatic nitrogens is 2. The second-order valence-electron chi connectivity index (χ2n) is 3.73. The molecule has 0 aliphatic carbocycles. The quantitative estimate of drug-likeness (QED) is 0.824. The van der Waals surface area contributed by atoms with Crippen molar-refractivity contribution in [1.29, 1.82) is 0 Å². The van der Waals surface area contributed by atoms with E-state index in [1.165, 1.54) is 0 Å². The van der Waals surface area contributed by atoms with Crippen LogP contribution in [0.3, 0.4) is 0 Å². The number of nitrogens with two attached hydrogens (primary N) is 1. The largest absolute Gasteiger partial charge is 0.385 e. The zero-order valence-corrected chi connectivity index (χ0v) is 9.43. The molecule has 0 atom stereocenters. The van der Waals surface area contributed by atoms with Crippen LogP contribution in [0.1, 0.15) is 0 Å². The van der Waals surface area contributed by atoms with Gasteiger partial charge in [-0.05, 0) is 12.1 Å². The normalized spacial score (nSPS) is 11.1. The summed E-state index contributed by atoms with van der Waals surface area (Å²) >= 11 is 0. The van der Waals surface area contributed by atoms with Crippen LogP contribution in [0.5, 0.6) is 0 Å². The molecule has 0 aromatic carbocycles. The predicted octanol–water partition coefficient (Wildman–Crippen LogP) is 0.569. The van der Waals surface area contributed by atoms with Crippen LogP contribution in [-0.2, 0) is 18.3 Å². The number of ether oxygens (including phenoxy) is 1. The molecule has 0 spiro atoms. The number of methoxy groups -OCH3 is 1. The number of pyridine rings is 1. The predicted molar refractivity (Wildman–Crippen MR) is 63.5 cm³/mol. The molecule has 86 valence electrons. The van der Waals surface area contributed by atoms with Crippen molar-refractivity contribution < 1.29 is 4.74 Å². The fourth-order valence-electron chi connectivity index (χ4n) is 1.76. The van der Waals surface area contributed by atoms with Gasteiger partial charge in [0.25, 0.3) is 5.56 Å². The number of nitrogen functional groups attached to an aromatic ring is 1. The van der Waals surface area contributed by atoms with E-state index < -0.39 is 0 Å². The van der Waals surface area contributed by atoms with Gasteiger partial charge in [0.05, 0.1) is 17.5 Å². The first kappa shape index (κ1) is 10.8. The molecular weight excluding hydrogens is 206 g/mol. The summed E-state index contributed by atoms with van der Waals surface area (Å²) in [5, 5.41) is 0.651. The summed E-state index contributed by atoms with van der Waals surface area (Å²) in [5.74, 6) is 0.594. The molecule has 2 rings (SSSR count). The van der Waals surface area contributed by atoms with Gasteiger partial charge in [-0.2, -0.15) is 0 Å². The van der Waals surface area contributed by atoms with Crippen molar-refractivity contribution in [3.63, 3.8) is 0 Å². The monoisotopic (exact) mass is 221 g/mol. The first-order valence-electron chi connectivity index (χ1n) is 5.08. The van der Waals surface area contributed by atoms with Gasteiger partial charge in [-0.1, -0.05) is 0 Å². The van der Waals surface area contributed by atoms with E-state index in [-0.39, 0.29) is 5.56 Å². The number of nitrogens with zero attached hydrogens (tertiary/aromatic N) is 2. The minimum atomic E-state index is -0.0261. The van der Waals surface area contributed by atoms with Gasteiger partial charge in [0.2, 0.25) is 0 Å². The fourth-order valence-corrected chi connectivity index (χ4v) is 1.76. The van der Waals surface area contributed by atoms with Crippen molar-refractivity contribution in [2.24, 2.45) is 7.05 Å². The summed E-state index contributed by atoms with van der Waals surface area (Å²) in [6.07, 6.45) is 1.77. The van der Waals surface area contributed by atoms with Gasteiger partial charge in [-0.3, -0.25) is 4.79 Å². The summed E-state index contributed by atoms with van der Waals surface area (Å²) in [6.45, 7) is 1.08. The Morgan fingerprint density at radius 3 is 2.94 bits per heavy atom. The zero-order valence-electron chi connectivity index (χ0n) is 9.43. The van der Waals surface area contributed by atoms with E-state index in [0.717, 1.165) is 5.52 Å². The smallest absolute Gasteiger partial charge is 0.260 e. The topological polar surface area (TPSA) is 62.2 Å². The minimum absolute atomic E-state index is 0.0261. The Morgan fingerprint density at radius 1 is 1.50 bits per heavy atom. The third-order valence-electron chi connectivity index (χ3n) is 2.76. The maximum atomic E-state index is 12.0. The molecule has 2 aromatic rings. The average Bonchev–Trinajstić information content (AvgIpc) is 2.56.